The lowest BCUT2D eigenvalue weighted by Gasteiger charge is -2.30. The lowest BCUT2D eigenvalue weighted by atomic mass is 9.98. The minimum absolute atomic E-state index is 0.270. The van der Waals surface area contributed by atoms with Crippen molar-refractivity contribution in [3.8, 4) is 0 Å². The Bertz CT molecular complexity index is 664. The van der Waals surface area contributed by atoms with Gasteiger partial charge in [0.05, 0.1) is 0 Å². The van der Waals surface area contributed by atoms with Gasteiger partial charge in [0.15, 0.2) is 0 Å². The number of benzene rings is 1. The third-order valence-corrected chi connectivity index (χ3v) is 4.23. The van der Waals surface area contributed by atoms with Crippen molar-refractivity contribution in [3.63, 3.8) is 0 Å². The van der Waals surface area contributed by atoms with Crippen molar-refractivity contribution in [2.24, 2.45) is 11.0 Å². The highest BCUT2D eigenvalue weighted by Crippen LogP contribution is 2.17. The summed E-state index contributed by atoms with van der Waals surface area (Å²) in [5.41, 5.74) is 4.29. The Labute approximate surface area is 142 Å². The molecular formula is C19H22N4O. The van der Waals surface area contributed by atoms with Gasteiger partial charge in [-0.15, -0.1) is 0 Å². The minimum Gasteiger partial charge on any atom is -0.299 e. The summed E-state index contributed by atoms with van der Waals surface area (Å²) in [5, 5.41) is 4.10. The molecule has 3 rings (SSSR count). The Kier molecular flexibility index (Phi) is 5.69. The van der Waals surface area contributed by atoms with E-state index in [1.165, 1.54) is 5.56 Å². The third-order valence-electron chi connectivity index (χ3n) is 4.23. The summed E-state index contributed by atoms with van der Waals surface area (Å²) in [6.07, 6.45) is 5.59. The Morgan fingerprint density at radius 1 is 1.17 bits per heavy atom. The van der Waals surface area contributed by atoms with Gasteiger partial charge in [-0.1, -0.05) is 36.4 Å². The molecule has 1 N–H and O–H groups in total. The monoisotopic (exact) mass is 322 g/mol. The number of amides is 1. The summed E-state index contributed by atoms with van der Waals surface area (Å²) in [6.45, 7) is 3.11. The van der Waals surface area contributed by atoms with Crippen LogP contribution in [0.15, 0.2) is 59.8 Å². The summed E-state index contributed by atoms with van der Waals surface area (Å²) >= 11 is 0. The number of hydrogen-bond donors (Lipinski definition) is 1. The summed E-state index contributed by atoms with van der Waals surface area (Å²) in [4.78, 5) is 18.3. The lowest BCUT2D eigenvalue weighted by Crippen LogP contribution is -2.34. The molecule has 2 heterocycles. The number of rotatable bonds is 5. The average Bonchev–Trinajstić information content (AvgIpc) is 2.65. The molecule has 0 radical (unpaired) electrons. The first-order valence-corrected chi connectivity index (χ1v) is 8.32. The molecule has 24 heavy (non-hydrogen) atoms. The molecule has 1 aliphatic heterocycles. The maximum absolute atomic E-state index is 11.8. The van der Waals surface area contributed by atoms with E-state index in [0.29, 0.717) is 11.6 Å². The summed E-state index contributed by atoms with van der Waals surface area (Å²) in [6, 6.07) is 15.8. The van der Waals surface area contributed by atoms with Crippen molar-refractivity contribution in [1.82, 2.24) is 15.3 Å². The number of piperidine rings is 1. The van der Waals surface area contributed by atoms with Gasteiger partial charge < -0.3 is 0 Å². The molecule has 1 aliphatic rings. The fraction of sp³-hybridized carbons (Fsp3) is 0.316. The van der Waals surface area contributed by atoms with Gasteiger partial charge in [-0.2, -0.15) is 5.10 Å². The Morgan fingerprint density at radius 2 is 1.92 bits per heavy atom. The Hall–Kier alpha value is -2.53. The highest BCUT2D eigenvalue weighted by atomic mass is 16.2. The molecule has 0 saturated carbocycles. The molecule has 5 heteroatoms. The van der Waals surface area contributed by atoms with E-state index in [-0.39, 0.29) is 5.91 Å². The van der Waals surface area contributed by atoms with E-state index in [4.69, 9.17) is 0 Å². The van der Waals surface area contributed by atoms with E-state index in [1.54, 1.807) is 24.4 Å². The fourth-order valence-corrected chi connectivity index (χ4v) is 2.86. The largest absolute Gasteiger partial charge is 0.299 e. The quantitative estimate of drug-likeness (QED) is 0.680. The van der Waals surface area contributed by atoms with Crippen molar-refractivity contribution in [1.29, 1.82) is 0 Å². The number of hydrazone groups is 1. The molecule has 1 aromatic carbocycles. The SMILES string of the molecule is O=C(NN=CC1CCN(Cc2ccccc2)CC1)c1ccccn1. The Balaban J connectivity index is 1.41. The van der Waals surface area contributed by atoms with Crippen LogP contribution in [0.1, 0.15) is 28.9 Å². The number of carbonyl (C=O) groups excluding carboxylic acids is 1. The fourth-order valence-electron chi connectivity index (χ4n) is 2.86. The predicted molar refractivity (Wildman–Crippen MR) is 94.6 cm³/mol. The first-order chi connectivity index (χ1) is 11.8. The zero-order valence-electron chi connectivity index (χ0n) is 13.6. The van der Waals surface area contributed by atoms with Crippen molar-refractivity contribution >= 4 is 12.1 Å². The smallest absolute Gasteiger partial charge is 0.289 e. The number of pyridine rings is 1. The van der Waals surface area contributed by atoms with Gasteiger partial charge in [0, 0.05) is 19.0 Å². The molecule has 0 unspecified atom stereocenters. The summed E-state index contributed by atoms with van der Waals surface area (Å²) in [5.74, 6) is 0.148. The summed E-state index contributed by atoms with van der Waals surface area (Å²) < 4.78 is 0. The van der Waals surface area contributed by atoms with E-state index in [2.05, 4.69) is 44.7 Å². The second kappa shape index (κ2) is 8.36. The van der Waals surface area contributed by atoms with Gasteiger partial charge >= 0.3 is 0 Å². The zero-order chi connectivity index (χ0) is 16.6. The molecule has 1 saturated heterocycles. The van der Waals surface area contributed by atoms with E-state index in [1.807, 2.05) is 12.3 Å². The van der Waals surface area contributed by atoms with E-state index < -0.39 is 0 Å². The number of hydrogen-bond acceptors (Lipinski definition) is 4. The van der Waals surface area contributed by atoms with E-state index in [9.17, 15) is 4.79 Å². The topological polar surface area (TPSA) is 57.6 Å². The van der Waals surface area contributed by atoms with Crippen LogP contribution in [0.2, 0.25) is 0 Å². The first kappa shape index (κ1) is 16.3. The van der Waals surface area contributed by atoms with Crippen molar-refractivity contribution in [3.05, 3.63) is 66.0 Å². The van der Waals surface area contributed by atoms with Gasteiger partial charge in [0.2, 0.25) is 0 Å². The first-order valence-electron chi connectivity index (χ1n) is 8.32. The zero-order valence-corrected chi connectivity index (χ0v) is 13.6. The van der Waals surface area contributed by atoms with E-state index >= 15 is 0 Å². The number of nitrogens with one attached hydrogen (secondary N) is 1. The normalized spacial score (nSPS) is 16.3. The molecule has 1 fully saturated rings. The van der Waals surface area contributed by atoms with Gasteiger partial charge in [0.1, 0.15) is 5.69 Å². The van der Waals surface area contributed by atoms with Crippen molar-refractivity contribution < 1.29 is 4.79 Å². The van der Waals surface area contributed by atoms with Crippen LogP contribution in [-0.4, -0.2) is 35.1 Å². The molecule has 0 atom stereocenters. The second-order valence-corrected chi connectivity index (χ2v) is 6.03. The number of carbonyl (C=O) groups is 1. The van der Waals surface area contributed by atoms with Crippen LogP contribution < -0.4 is 5.43 Å². The molecule has 2 aromatic rings. The average molecular weight is 322 g/mol. The molecule has 0 spiro atoms. The number of nitrogens with zero attached hydrogens (tertiary/aromatic N) is 3. The molecule has 0 aliphatic carbocycles. The van der Waals surface area contributed by atoms with Crippen LogP contribution in [0.5, 0.6) is 0 Å². The van der Waals surface area contributed by atoms with E-state index in [0.717, 1.165) is 32.5 Å². The van der Waals surface area contributed by atoms with Crippen molar-refractivity contribution in [2.45, 2.75) is 19.4 Å². The van der Waals surface area contributed by atoms with Gasteiger partial charge in [-0.05, 0) is 49.5 Å². The minimum atomic E-state index is -0.270. The van der Waals surface area contributed by atoms with Crippen LogP contribution in [0, 0.1) is 5.92 Å². The van der Waals surface area contributed by atoms with Crippen LogP contribution in [-0.2, 0) is 6.54 Å². The van der Waals surface area contributed by atoms with Crippen LogP contribution in [0.4, 0.5) is 0 Å². The lowest BCUT2D eigenvalue weighted by molar-refractivity contribution is 0.0949. The molecular weight excluding hydrogens is 300 g/mol. The number of aromatic nitrogens is 1. The predicted octanol–water partition coefficient (Wildman–Crippen LogP) is 2.71. The van der Waals surface area contributed by atoms with Crippen LogP contribution in [0.25, 0.3) is 0 Å². The highest BCUT2D eigenvalue weighted by molar-refractivity contribution is 5.92. The van der Waals surface area contributed by atoms with Crippen molar-refractivity contribution in [2.75, 3.05) is 13.1 Å². The molecule has 124 valence electrons. The maximum atomic E-state index is 11.8. The number of likely N-dealkylation sites (tertiary alicyclic amines) is 1. The highest BCUT2D eigenvalue weighted by Gasteiger charge is 2.17. The second-order valence-electron chi connectivity index (χ2n) is 6.03. The van der Waals surface area contributed by atoms with Gasteiger partial charge in [0.25, 0.3) is 5.91 Å². The molecule has 5 nitrogen and oxygen atoms in total. The van der Waals surface area contributed by atoms with Gasteiger partial charge in [-0.3, -0.25) is 14.7 Å². The standard InChI is InChI=1S/C19H22N4O/c24-19(18-8-4-5-11-20-18)22-21-14-16-9-12-23(13-10-16)15-17-6-2-1-3-7-17/h1-8,11,14,16H,9-10,12-13,15H2,(H,22,24). The summed E-state index contributed by atoms with van der Waals surface area (Å²) in [7, 11) is 0. The molecule has 1 amide bonds. The maximum Gasteiger partial charge on any atom is 0.289 e. The molecule has 0 bridgehead atoms. The van der Waals surface area contributed by atoms with Crippen LogP contribution >= 0.6 is 0 Å². The third kappa shape index (κ3) is 4.73. The van der Waals surface area contributed by atoms with Gasteiger partial charge in [-0.25, -0.2) is 5.43 Å². The molecule has 1 aromatic heterocycles. The Morgan fingerprint density at radius 3 is 2.62 bits per heavy atom. The van der Waals surface area contributed by atoms with Crippen LogP contribution in [0.3, 0.4) is 0 Å².